The molecule has 3 aromatic carbocycles. The van der Waals surface area contributed by atoms with Crippen molar-refractivity contribution in [2.75, 3.05) is 25.1 Å². The molecular formula is C26H21ClFN3O3. The molecule has 6 nitrogen and oxygen atoms in total. The molecule has 0 fully saturated rings. The van der Waals surface area contributed by atoms with Gasteiger partial charge < -0.3 is 24.7 Å². The minimum Gasteiger partial charge on any atom is -0.486 e. The van der Waals surface area contributed by atoms with Crippen LogP contribution < -0.4 is 14.8 Å². The molecule has 0 bridgehead atoms. The first-order valence-electron chi connectivity index (χ1n) is 11.1. The van der Waals surface area contributed by atoms with E-state index in [0.29, 0.717) is 48.4 Å². The highest BCUT2D eigenvalue weighted by Gasteiger charge is 2.35. The summed E-state index contributed by atoms with van der Waals surface area (Å²) in [7, 11) is 0. The summed E-state index contributed by atoms with van der Waals surface area (Å²) in [4.78, 5) is 18.8. The van der Waals surface area contributed by atoms with Crippen molar-refractivity contribution in [1.29, 1.82) is 0 Å². The van der Waals surface area contributed by atoms with Crippen LogP contribution in [0.5, 0.6) is 11.5 Å². The van der Waals surface area contributed by atoms with Crippen molar-refractivity contribution in [2.45, 2.75) is 12.5 Å². The highest BCUT2D eigenvalue weighted by atomic mass is 35.5. The van der Waals surface area contributed by atoms with Crippen LogP contribution in [0.4, 0.5) is 14.9 Å². The number of carbonyl (C=O) groups excluding carboxylic acids is 1. The Morgan fingerprint density at radius 2 is 1.82 bits per heavy atom. The van der Waals surface area contributed by atoms with Crippen molar-refractivity contribution in [3.63, 3.8) is 0 Å². The van der Waals surface area contributed by atoms with E-state index in [1.165, 1.54) is 12.1 Å². The minimum atomic E-state index is -0.410. The van der Waals surface area contributed by atoms with Gasteiger partial charge in [0.2, 0.25) is 0 Å². The van der Waals surface area contributed by atoms with Gasteiger partial charge in [-0.15, -0.1) is 0 Å². The van der Waals surface area contributed by atoms with Gasteiger partial charge in [-0.05, 0) is 60.0 Å². The standard InChI is InChI=1S/C26H21ClFN3O3/c27-16-3-7-21-20(13-16)19-9-10-31(25(24(19)30-21)15-1-4-17(28)5-2-15)26(32)29-18-6-8-22-23(14-18)34-12-11-33-22/h1-8,13-14,25,30H,9-12H2,(H,29,32)/t25-/m1/s1. The maximum Gasteiger partial charge on any atom is 0.322 e. The molecule has 1 aromatic heterocycles. The van der Waals surface area contributed by atoms with Crippen LogP contribution >= 0.6 is 11.6 Å². The average molecular weight is 478 g/mol. The first-order chi connectivity index (χ1) is 16.6. The van der Waals surface area contributed by atoms with Gasteiger partial charge in [0.15, 0.2) is 11.5 Å². The van der Waals surface area contributed by atoms with E-state index >= 15 is 0 Å². The lowest BCUT2D eigenvalue weighted by Gasteiger charge is -2.36. The zero-order valence-corrected chi connectivity index (χ0v) is 18.9. The molecule has 3 heterocycles. The lowest BCUT2D eigenvalue weighted by molar-refractivity contribution is 0.171. The molecule has 0 radical (unpaired) electrons. The number of rotatable bonds is 2. The first-order valence-corrected chi connectivity index (χ1v) is 11.5. The van der Waals surface area contributed by atoms with Crippen molar-refractivity contribution in [3.05, 3.63) is 88.3 Å². The largest absolute Gasteiger partial charge is 0.486 e. The number of ether oxygens (including phenoxy) is 2. The number of aromatic nitrogens is 1. The lowest BCUT2D eigenvalue weighted by Crippen LogP contribution is -2.43. The zero-order chi connectivity index (χ0) is 23.2. The van der Waals surface area contributed by atoms with Crippen LogP contribution in [0.2, 0.25) is 5.02 Å². The fourth-order valence-electron chi connectivity index (χ4n) is 4.79. The summed E-state index contributed by atoms with van der Waals surface area (Å²) >= 11 is 6.26. The van der Waals surface area contributed by atoms with Gasteiger partial charge in [0.05, 0.1) is 6.04 Å². The fraction of sp³-hybridized carbons (Fsp3) is 0.192. The molecule has 8 heteroatoms. The van der Waals surface area contributed by atoms with Crippen molar-refractivity contribution in [1.82, 2.24) is 9.88 Å². The fourth-order valence-corrected chi connectivity index (χ4v) is 4.96. The van der Waals surface area contributed by atoms with E-state index in [1.54, 1.807) is 35.2 Å². The highest BCUT2D eigenvalue weighted by molar-refractivity contribution is 6.31. The van der Waals surface area contributed by atoms with Crippen molar-refractivity contribution < 1.29 is 18.7 Å². The number of halogens is 2. The van der Waals surface area contributed by atoms with Gasteiger partial charge in [-0.1, -0.05) is 23.7 Å². The predicted octanol–water partition coefficient (Wildman–Crippen LogP) is 5.91. The minimum absolute atomic E-state index is 0.256. The van der Waals surface area contributed by atoms with Gasteiger partial charge in [-0.3, -0.25) is 0 Å². The number of amides is 2. The van der Waals surface area contributed by atoms with E-state index in [4.69, 9.17) is 21.1 Å². The van der Waals surface area contributed by atoms with E-state index in [1.807, 2.05) is 18.2 Å². The van der Waals surface area contributed by atoms with Crippen molar-refractivity contribution in [3.8, 4) is 11.5 Å². The Morgan fingerprint density at radius 3 is 2.65 bits per heavy atom. The Morgan fingerprint density at radius 1 is 1.03 bits per heavy atom. The molecule has 0 saturated heterocycles. The number of nitrogens with zero attached hydrogens (tertiary/aromatic N) is 1. The van der Waals surface area contributed by atoms with E-state index in [9.17, 15) is 9.18 Å². The molecule has 34 heavy (non-hydrogen) atoms. The van der Waals surface area contributed by atoms with Crippen molar-refractivity contribution in [2.24, 2.45) is 0 Å². The van der Waals surface area contributed by atoms with Crippen LogP contribution in [0.15, 0.2) is 60.7 Å². The second-order valence-corrected chi connectivity index (χ2v) is 8.83. The molecule has 4 aromatic rings. The maximum atomic E-state index is 13.7. The second-order valence-electron chi connectivity index (χ2n) is 8.39. The van der Waals surface area contributed by atoms with Gasteiger partial charge in [0.1, 0.15) is 19.0 Å². The SMILES string of the molecule is O=C(Nc1ccc2c(c1)OCCO2)N1CCc2c([nH]c3ccc(Cl)cc23)[C@H]1c1ccc(F)cc1. The van der Waals surface area contributed by atoms with Crippen LogP contribution in [0.3, 0.4) is 0 Å². The van der Waals surface area contributed by atoms with Crippen LogP contribution in [0.25, 0.3) is 10.9 Å². The molecular weight excluding hydrogens is 457 g/mol. The molecule has 0 saturated carbocycles. The van der Waals surface area contributed by atoms with E-state index in [-0.39, 0.29) is 11.8 Å². The number of hydrogen-bond donors (Lipinski definition) is 2. The van der Waals surface area contributed by atoms with Crippen LogP contribution in [0, 0.1) is 5.82 Å². The molecule has 6 rings (SSSR count). The molecule has 2 amide bonds. The molecule has 1 atom stereocenters. The van der Waals surface area contributed by atoms with Gasteiger partial charge in [-0.2, -0.15) is 0 Å². The third-order valence-electron chi connectivity index (χ3n) is 6.33. The summed E-state index contributed by atoms with van der Waals surface area (Å²) in [6.07, 6.45) is 0.669. The number of fused-ring (bicyclic) bond motifs is 4. The van der Waals surface area contributed by atoms with Gasteiger partial charge in [0.25, 0.3) is 0 Å². The summed E-state index contributed by atoms with van der Waals surface area (Å²) in [5.41, 5.74) is 4.41. The number of benzene rings is 3. The molecule has 2 aliphatic rings. The molecule has 0 aliphatic carbocycles. The third-order valence-corrected chi connectivity index (χ3v) is 6.56. The third kappa shape index (κ3) is 3.62. The first kappa shape index (κ1) is 20.9. The number of hydrogen-bond acceptors (Lipinski definition) is 3. The van der Waals surface area contributed by atoms with Gasteiger partial charge in [-0.25, -0.2) is 9.18 Å². The highest BCUT2D eigenvalue weighted by Crippen LogP contribution is 2.40. The second kappa shape index (κ2) is 8.25. The summed E-state index contributed by atoms with van der Waals surface area (Å²) in [6, 6.07) is 16.7. The number of urea groups is 1. The molecule has 172 valence electrons. The summed E-state index contributed by atoms with van der Waals surface area (Å²) in [6.45, 7) is 1.46. The Balaban J connectivity index is 1.38. The Hall–Kier alpha value is -3.71. The molecule has 2 aliphatic heterocycles. The maximum absolute atomic E-state index is 13.7. The Bertz CT molecular complexity index is 1400. The Kier molecular flexibility index (Phi) is 5.07. The average Bonchev–Trinajstić information content (AvgIpc) is 3.22. The van der Waals surface area contributed by atoms with Crippen LogP contribution in [-0.4, -0.2) is 35.7 Å². The number of anilines is 1. The van der Waals surface area contributed by atoms with Crippen LogP contribution in [0.1, 0.15) is 22.9 Å². The topological polar surface area (TPSA) is 66.6 Å². The van der Waals surface area contributed by atoms with Gasteiger partial charge in [0, 0.05) is 39.9 Å². The lowest BCUT2D eigenvalue weighted by atomic mass is 9.92. The molecule has 0 unspecified atom stereocenters. The number of aromatic amines is 1. The van der Waals surface area contributed by atoms with Gasteiger partial charge >= 0.3 is 6.03 Å². The Labute approximate surface area is 200 Å². The number of H-pyrrole nitrogens is 1. The number of carbonyl (C=O) groups is 1. The quantitative estimate of drug-likeness (QED) is 0.377. The molecule has 0 spiro atoms. The van der Waals surface area contributed by atoms with E-state index in [2.05, 4.69) is 10.3 Å². The van der Waals surface area contributed by atoms with Crippen molar-refractivity contribution >= 4 is 34.2 Å². The monoisotopic (exact) mass is 477 g/mol. The summed E-state index contributed by atoms with van der Waals surface area (Å²) in [5.74, 6) is 0.941. The smallest absolute Gasteiger partial charge is 0.322 e. The van der Waals surface area contributed by atoms with E-state index in [0.717, 1.165) is 27.7 Å². The zero-order valence-electron chi connectivity index (χ0n) is 18.1. The molecule has 2 N–H and O–H groups in total. The normalized spacial score (nSPS) is 16.9. The number of nitrogens with one attached hydrogen (secondary N) is 2. The summed E-state index contributed by atoms with van der Waals surface area (Å²) < 4.78 is 24.9. The van der Waals surface area contributed by atoms with E-state index < -0.39 is 6.04 Å². The van der Waals surface area contributed by atoms with Crippen LogP contribution in [-0.2, 0) is 6.42 Å². The predicted molar refractivity (Wildman–Crippen MR) is 128 cm³/mol. The summed E-state index contributed by atoms with van der Waals surface area (Å²) in [5, 5.41) is 4.69.